The third-order valence-electron chi connectivity index (χ3n) is 6.11. The minimum absolute atomic E-state index is 0.234. The molecule has 0 atom stereocenters. The summed E-state index contributed by atoms with van der Waals surface area (Å²) in [7, 11) is 0. The molecule has 0 saturated heterocycles. The Labute approximate surface area is 192 Å². The number of hydrogen-bond acceptors (Lipinski definition) is 4. The summed E-state index contributed by atoms with van der Waals surface area (Å²) in [6.45, 7) is 2.14. The van der Waals surface area contributed by atoms with E-state index in [0.29, 0.717) is 38.9 Å². The second-order valence-electron chi connectivity index (χ2n) is 8.00. The van der Waals surface area contributed by atoms with Crippen LogP contribution >= 0.6 is 11.6 Å². The Balaban J connectivity index is 1.73. The fourth-order valence-corrected chi connectivity index (χ4v) is 4.76. The second kappa shape index (κ2) is 7.39. The first-order chi connectivity index (χ1) is 16.0. The van der Waals surface area contributed by atoms with Gasteiger partial charge in [0, 0.05) is 33.3 Å². The van der Waals surface area contributed by atoms with Gasteiger partial charge in [0.05, 0.1) is 17.6 Å². The van der Waals surface area contributed by atoms with Crippen molar-refractivity contribution in [3.63, 3.8) is 0 Å². The number of para-hydroxylation sites is 1. The molecule has 0 amide bonds. The summed E-state index contributed by atoms with van der Waals surface area (Å²) < 4.78 is 22.2. The van der Waals surface area contributed by atoms with E-state index in [9.17, 15) is 9.18 Å². The molecule has 4 aromatic heterocycles. The van der Waals surface area contributed by atoms with Crippen LogP contribution in [0.1, 0.15) is 18.1 Å². The van der Waals surface area contributed by atoms with Gasteiger partial charge in [-0.15, -0.1) is 0 Å². The van der Waals surface area contributed by atoms with Gasteiger partial charge in [0.1, 0.15) is 16.5 Å². The number of halogens is 2. The van der Waals surface area contributed by atoms with Crippen LogP contribution in [0.15, 0.2) is 70.0 Å². The average molecular weight is 458 g/mol. The lowest BCUT2D eigenvalue weighted by Crippen LogP contribution is -2.09. The molecule has 0 aliphatic heterocycles. The Morgan fingerprint density at radius 1 is 1.06 bits per heavy atom. The lowest BCUT2D eigenvalue weighted by atomic mass is 10.1. The third-order valence-corrected chi connectivity index (χ3v) is 6.44. The topological polar surface area (TPSA) is 60.9 Å². The van der Waals surface area contributed by atoms with Crippen LogP contribution < -0.4 is 5.63 Å². The number of fused-ring (bicyclic) bond motifs is 6. The molecule has 0 radical (unpaired) electrons. The lowest BCUT2D eigenvalue weighted by molar-refractivity contribution is 0.553. The van der Waals surface area contributed by atoms with Gasteiger partial charge in [0.25, 0.3) is 0 Å². The van der Waals surface area contributed by atoms with Gasteiger partial charge in [0.15, 0.2) is 0 Å². The molecule has 33 heavy (non-hydrogen) atoms. The molecule has 5 nitrogen and oxygen atoms in total. The highest BCUT2D eigenvalue weighted by Crippen LogP contribution is 2.35. The van der Waals surface area contributed by atoms with Gasteiger partial charge >= 0.3 is 5.63 Å². The third kappa shape index (κ3) is 3.02. The highest BCUT2D eigenvalue weighted by atomic mass is 35.5. The van der Waals surface area contributed by atoms with E-state index in [-0.39, 0.29) is 18.1 Å². The summed E-state index contributed by atoms with van der Waals surface area (Å²) in [5.41, 5.74) is 2.74. The molecule has 0 aliphatic rings. The zero-order valence-electron chi connectivity index (χ0n) is 17.6. The predicted octanol–water partition coefficient (Wildman–Crippen LogP) is 6.25. The van der Waals surface area contributed by atoms with E-state index in [0.717, 1.165) is 21.9 Å². The number of rotatable bonds is 3. The molecule has 4 heterocycles. The van der Waals surface area contributed by atoms with Crippen molar-refractivity contribution in [3.8, 4) is 0 Å². The average Bonchev–Trinajstić information content (AvgIpc) is 3.13. The van der Waals surface area contributed by atoms with E-state index < -0.39 is 5.63 Å². The minimum atomic E-state index is -0.532. The highest BCUT2D eigenvalue weighted by molar-refractivity contribution is 6.30. The van der Waals surface area contributed by atoms with Crippen molar-refractivity contribution in [3.05, 3.63) is 93.3 Å². The Morgan fingerprint density at radius 3 is 2.76 bits per heavy atom. The van der Waals surface area contributed by atoms with E-state index in [1.165, 1.54) is 6.07 Å². The quantitative estimate of drug-likeness (QED) is 0.295. The van der Waals surface area contributed by atoms with Gasteiger partial charge in [-0.2, -0.15) is 0 Å². The zero-order valence-corrected chi connectivity index (χ0v) is 18.4. The van der Waals surface area contributed by atoms with Gasteiger partial charge < -0.3 is 8.98 Å². The van der Waals surface area contributed by atoms with Crippen molar-refractivity contribution >= 4 is 55.4 Å². The Hall–Kier alpha value is -3.77. The first-order valence-electron chi connectivity index (χ1n) is 10.6. The molecule has 0 fully saturated rings. The van der Waals surface area contributed by atoms with Crippen molar-refractivity contribution < 1.29 is 8.81 Å². The van der Waals surface area contributed by atoms with Gasteiger partial charge in [-0.3, -0.25) is 0 Å². The number of pyridine rings is 2. The molecule has 0 spiro atoms. The smallest absolute Gasteiger partial charge is 0.362 e. The summed E-state index contributed by atoms with van der Waals surface area (Å²) in [4.78, 5) is 21.9. The van der Waals surface area contributed by atoms with Crippen LogP contribution in [0.5, 0.6) is 0 Å². The zero-order chi connectivity index (χ0) is 22.7. The van der Waals surface area contributed by atoms with Crippen LogP contribution in [0.25, 0.3) is 43.8 Å². The number of aromatic nitrogens is 3. The van der Waals surface area contributed by atoms with Crippen molar-refractivity contribution in [1.29, 1.82) is 0 Å². The number of nitrogens with zero attached hydrogens (tertiary/aromatic N) is 3. The van der Waals surface area contributed by atoms with Gasteiger partial charge in [-0.25, -0.2) is 19.2 Å². The highest BCUT2D eigenvalue weighted by Gasteiger charge is 2.21. The van der Waals surface area contributed by atoms with Crippen LogP contribution in [0, 0.1) is 5.82 Å². The molecule has 0 saturated carbocycles. The molecule has 0 bridgehead atoms. The molecule has 6 aromatic rings. The number of aryl methyl sites for hydroxylation is 1. The number of hydrogen-bond donors (Lipinski definition) is 0. The molecule has 0 unspecified atom stereocenters. The van der Waals surface area contributed by atoms with Crippen LogP contribution in [0.2, 0.25) is 5.15 Å². The van der Waals surface area contributed by atoms with E-state index >= 15 is 0 Å². The molecule has 0 aliphatic carbocycles. The van der Waals surface area contributed by atoms with Crippen molar-refractivity contribution in [1.82, 2.24) is 14.5 Å². The first-order valence-corrected chi connectivity index (χ1v) is 11.0. The largest absolute Gasteiger partial charge is 0.402 e. The SMILES string of the molecule is CCc1cc2c3c4cccnc4oc(=O)c3n(Cc3cc4ccccc4nc3Cl)c2cc1F. The van der Waals surface area contributed by atoms with Crippen LogP contribution in [0.4, 0.5) is 4.39 Å². The molecule has 2 aromatic carbocycles. The monoisotopic (exact) mass is 457 g/mol. The molecule has 6 rings (SSSR count). The van der Waals surface area contributed by atoms with Crippen LogP contribution in [-0.2, 0) is 13.0 Å². The minimum Gasteiger partial charge on any atom is -0.402 e. The van der Waals surface area contributed by atoms with E-state index in [2.05, 4.69) is 9.97 Å². The van der Waals surface area contributed by atoms with Crippen molar-refractivity contribution in [2.24, 2.45) is 0 Å². The summed E-state index contributed by atoms with van der Waals surface area (Å²) in [5, 5.41) is 3.44. The fraction of sp³-hybridized carbons (Fsp3) is 0.115. The maximum absolute atomic E-state index is 14.9. The molecule has 7 heteroatoms. The van der Waals surface area contributed by atoms with Gasteiger partial charge in [0.2, 0.25) is 5.71 Å². The fourth-order valence-electron chi connectivity index (χ4n) is 4.55. The van der Waals surface area contributed by atoms with Crippen molar-refractivity contribution in [2.75, 3.05) is 0 Å². The predicted molar refractivity (Wildman–Crippen MR) is 128 cm³/mol. The van der Waals surface area contributed by atoms with Gasteiger partial charge in [-0.05, 0) is 48.4 Å². The maximum Gasteiger partial charge on any atom is 0.362 e. The lowest BCUT2D eigenvalue weighted by Gasteiger charge is -2.10. The summed E-state index contributed by atoms with van der Waals surface area (Å²) >= 11 is 6.53. The normalized spacial score (nSPS) is 11.8. The molecule has 162 valence electrons. The summed E-state index contributed by atoms with van der Waals surface area (Å²) in [5.74, 6) is -0.316. The Morgan fingerprint density at radius 2 is 1.91 bits per heavy atom. The standard InChI is InChI=1S/C26H17ClFN3O2/c1-2-14-11-18-21(12-19(14)28)31(13-16-10-15-6-3-4-8-20(15)30-24(16)27)23-22(18)17-7-5-9-29-25(17)33-26(23)32/h3-12H,2,13H2,1H3. The Kier molecular flexibility index (Phi) is 4.45. The summed E-state index contributed by atoms with van der Waals surface area (Å²) in [6, 6.07) is 16.6. The van der Waals surface area contributed by atoms with E-state index in [1.54, 1.807) is 16.8 Å². The van der Waals surface area contributed by atoms with Crippen molar-refractivity contribution in [2.45, 2.75) is 19.9 Å². The molecule has 0 N–H and O–H groups in total. The molecular weight excluding hydrogens is 441 g/mol. The van der Waals surface area contributed by atoms with Crippen LogP contribution in [0.3, 0.4) is 0 Å². The second-order valence-corrected chi connectivity index (χ2v) is 8.36. The first kappa shape index (κ1) is 19.9. The molecular formula is C26H17ClFN3O2. The maximum atomic E-state index is 14.9. The van der Waals surface area contributed by atoms with E-state index in [1.807, 2.05) is 49.4 Å². The van der Waals surface area contributed by atoms with E-state index in [4.69, 9.17) is 16.0 Å². The van der Waals surface area contributed by atoms with Crippen LogP contribution in [-0.4, -0.2) is 14.5 Å². The van der Waals surface area contributed by atoms with Gasteiger partial charge in [-0.1, -0.05) is 36.7 Å². The Bertz CT molecular complexity index is 1790. The number of benzene rings is 2. The summed E-state index contributed by atoms with van der Waals surface area (Å²) in [6.07, 6.45) is 2.11.